The molecule has 2 N–H and O–H groups in total. The van der Waals surface area contributed by atoms with Crippen LogP contribution in [-0.2, 0) is 9.59 Å². The minimum absolute atomic E-state index is 0.0367. The number of hydrogen-bond acceptors (Lipinski definition) is 5. The van der Waals surface area contributed by atoms with Crippen LogP contribution in [-0.4, -0.2) is 46.4 Å². The average Bonchev–Trinajstić information content (AvgIpc) is 2.93. The van der Waals surface area contributed by atoms with Crippen LogP contribution < -0.4 is 10.6 Å². The van der Waals surface area contributed by atoms with E-state index in [1.165, 1.54) is 0 Å². The van der Waals surface area contributed by atoms with Gasteiger partial charge in [0.1, 0.15) is 5.82 Å². The molecule has 3 heterocycles. The highest BCUT2D eigenvalue weighted by Gasteiger charge is 2.29. The summed E-state index contributed by atoms with van der Waals surface area (Å²) in [4.78, 5) is 44.7. The smallest absolute Gasteiger partial charge is 0.253 e. The Labute approximate surface area is 179 Å². The number of rotatable bonds is 3. The third-order valence-electron chi connectivity index (χ3n) is 5.31. The zero-order valence-electron chi connectivity index (χ0n) is 16.8. The molecule has 1 atom stereocenters. The van der Waals surface area contributed by atoms with Gasteiger partial charge < -0.3 is 15.5 Å². The van der Waals surface area contributed by atoms with Crippen LogP contribution in [0.25, 0.3) is 0 Å². The number of nitrogens with one attached hydrogen (secondary N) is 2. The molecule has 1 aromatic heterocycles. The Hall–Kier alpha value is -2.87. The highest BCUT2D eigenvalue weighted by atomic mass is 32.2. The van der Waals surface area contributed by atoms with Crippen molar-refractivity contribution in [3.63, 3.8) is 0 Å². The summed E-state index contributed by atoms with van der Waals surface area (Å²) >= 11 is 1.61. The first-order valence-electron chi connectivity index (χ1n) is 10.1. The van der Waals surface area contributed by atoms with E-state index >= 15 is 0 Å². The van der Waals surface area contributed by atoms with Gasteiger partial charge in [0.2, 0.25) is 11.8 Å². The SMILES string of the molecule is Cc1cccc(NC(=O)C2CCCN(C(=O)c3ccc4c(c3)NC(=O)CCS4)C2)n1. The van der Waals surface area contributed by atoms with Crippen molar-refractivity contribution in [2.75, 3.05) is 29.5 Å². The van der Waals surface area contributed by atoms with E-state index in [1.54, 1.807) is 34.9 Å². The van der Waals surface area contributed by atoms with E-state index in [2.05, 4.69) is 15.6 Å². The van der Waals surface area contributed by atoms with E-state index in [0.29, 0.717) is 36.6 Å². The Bertz CT molecular complexity index is 994. The number of fused-ring (bicyclic) bond motifs is 1. The molecular weight excluding hydrogens is 400 g/mol. The molecule has 1 unspecified atom stereocenters. The first kappa shape index (κ1) is 20.4. The normalized spacial score (nSPS) is 18.8. The van der Waals surface area contributed by atoms with Gasteiger partial charge in [0.25, 0.3) is 5.91 Å². The Kier molecular flexibility index (Phi) is 6.03. The molecule has 2 aromatic rings. The van der Waals surface area contributed by atoms with Crippen molar-refractivity contribution in [3.8, 4) is 0 Å². The van der Waals surface area contributed by atoms with Crippen molar-refractivity contribution in [1.82, 2.24) is 9.88 Å². The molecule has 0 bridgehead atoms. The largest absolute Gasteiger partial charge is 0.338 e. The number of pyridine rings is 1. The molecule has 1 fully saturated rings. The van der Waals surface area contributed by atoms with Crippen LogP contribution in [0, 0.1) is 12.8 Å². The Morgan fingerprint density at radius 3 is 2.97 bits per heavy atom. The molecule has 30 heavy (non-hydrogen) atoms. The van der Waals surface area contributed by atoms with Crippen LogP contribution >= 0.6 is 11.8 Å². The van der Waals surface area contributed by atoms with Gasteiger partial charge in [0.05, 0.1) is 11.6 Å². The van der Waals surface area contributed by atoms with Crippen LogP contribution in [0.3, 0.4) is 0 Å². The van der Waals surface area contributed by atoms with Gasteiger partial charge in [-0.15, -0.1) is 11.8 Å². The number of anilines is 2. The van der Waals surface area contributed by atoms with Crippen molar-refractivity contribution < 1.29 is 14.4 Å². The summed E-state index contributed by atoms with van der Waals surface area (Å²) in [7, 11) is 0. The monoisotopic (exact) mass is 424 g/mol. The zero-order valence-corrected chi connectivity index (χ0v) is 17.6. The van der Waals surface area contributed by atoms with Crippen molar-refractivity contribution >= 4 is 41.0 Å². The van der Waals surface area contributed by atoms with Gasteiger partial charge >= 0.3 is 0 Å². The minimum atomic E-state index is -0.277. The maximum Gasteiger partial charge on any atom is 0.253 e. The summed E-state index contributed by atoms with van der Waals surface area (Å²) in [6.07, 6.45) is 1.96. The molecule has 2 aliphatic heterocycles. The highest BCUT2D eigenvalue weighted by molar-refractivity contribution is 7.99. The molecule has 3 amide bonds. The van der Waals surface area contributed by atoms with Crippen LogP contribution in [0.1, 0.15) is 35.3 Å². The number of piperidine rings is 1. The van der Waals surface area contributed by atoms with E-state index in [9.17, 15) is 14.4 Å². The second kappa shape index (κ2) is 8.87. The van der Waals surface area contributed by atoms with E-state index in [1.807, 2.05) is 25.1 Å². The van der Waals surface area contributed by atoms with E-state index in [4.69, 9.17) is 0 Å². The van der Waals surface area contributed by atoms with Crippen molar-refractivity contribution in [2.24, 2.45) is 5.92 Å². The van der Waals surface area contributed by atoms with E-state index < -0.39 is 0 Å². The van der Waals surface area contributed by atoms with Gasteiger partial charge in [-0.25, -0.2) is 4.98 Å². The topological polar surface area (TPSA) is 91.4 Å². The van der Waals surface area contributed by atoms with Crippen molar-refractivity contribution in [3.05, 3.63) is 47.7 Å². The number of aromatic nitrogens is 1. The number of aryl methyl sites for hydroxylation is 1. The summed E-state index contributed by atoms with van der Waals surface area (Å²) in [5.41, 5.74) is 2.05. The Morgan fingerprint density at radius 2 is 2.13 bits per heavy atom. The van der Waals surface area contributed by atoms with Gasteiger partial charge in [-0.2, -0.15) is 0 Å². The maximum absolute atomic E-state index is 13.1. The number of nitrogens with zero attached hydrogens (tertiary/aromatic N) is 2. The number of amides is 3. The predicted molar refractivity (Wildman–Crippen MR) is 117 cm³/mol. The minimum Gasteiger partial charge on any atom is -0.338 e. The first-order valence-corrected chi connectivity index (χ1v) is 11.1. The fourth-order valence-corrected chi connectivity index (χ4v) is 4.69. The van der Waals surface area contributed by atoms with Gasteiger partial charge in [-0.05, 0) is 50.1 Å². The molecule has 0 spiro atoms. The molecule has 0 saturated carbocycles. The lowest BCUT2D eigenvalue weighted by Crippen LogP contribution is -2.43. The number of carbonyl (C=O) groups is 3. The summed E-state index contributed by atoms with van der Waals surface area (Å²) in [6.45, 7) is 2.86. The molecule has 1 aromatic carbocycles. The third-order valence-corrected chi connectivity index (χ3v) is 6.38. The van der Waals surface area contributed by atoms with Crippen LogP contribution in [0.15, 0.2) is 41.3 Å². The number of carbonyl (C=O) groups excluding carboxylic acids is 3. The van der Waals surface area contributed by atoms with Crippen molar-refractivity contribution in [1.29, 1.82) is 0 Å². The molecule has 7 nitrogen and oxygen atoms in total. The maximum atomic E-state index is 13.1. The van der Waals surface area contributed by atoms with Gasteiger partial charge in [-0.1, -0.05) is 6.07 Å². The Morgan fingerprint density at radius 1 is 1.27 bits per heavy atom. The molecule has 0 radical (unpaired) electrons. The predicted octanol–water partition coefficient (Wildman–Crippen LogP) is 3.32. The van der Waals surface area contributed by atoms with Gasteiger partial charge in [0.15, 0.2) is 0 Å². The summed E-state index contributed by atoms with van der Waals surface area (Å²) in [6, 6.07) is 10.9. The summed E-state index contributed by atoms with van der Waals surface area (Å²) in [5.74, 6) is 0.711. The lowest BCUT2D eigenvalue weighted by molar-refractivity contribution is -0.121. The fraction of sp³-hybridized carbons (Fsp3) is 0.364. The molecule has 156 valence electrons. The van der Waals surface area contributed by atoms with Crippen molar-refractivity contribution in [2.45, 2.75) is 31.1 Å². The number of likely N-dealkylation sites (tertiary alicyclic amines) is 1. The average molecular weight is 425 g/mol. The van der Waals surface area contributed by atoms with Gasteiger partial charge in [-0.3, -0.25) is 14.4 Å². The number of benzene rings is 1. The van der Waals surface area contributed by atoms with Crippen LogP contribution in [0.2, 0.25) is 0 Å². The molecular formula is C22H24N4O3S. The zero-order chi connectivity index (χ0) is 21.1. The second-order valence-electron chi connectivity index (χ2n) is 7.60. The molecule has 1 saturated heterocycles. The first-order chi connectivity index (χ1) is 14.5. The molecule has 4 rings (SSSR count). The van der Waals surface area contributed by atoms with E-state index in [0.717, 1.165) is 29.2 Å². The van der Waals surface area contributed by atoms with Crippen LogP contribution in [0.5, 0.6) is 0 Å². The third kappa shape index (κ3) is 4.64. The standard InChI is InChI=1S/C22H24N4O3S/c1-14-4-2-6-19(23-14)25-21(28)16-5-3-10-26(13-16)22(29)15-7-8-18-17(12-15)24-20(27)9-11-30-18/h2,4,6-8,12,16H,3,5,9-11,13H2,1H3,(H,24,27)(H,23,25,28). The quantitative estimate of drug-likeness (QED) is 0.789. The fourth-order valence-electron chi connectivity index (χ4n) is 3.75. The highest BCUT2D eigenvalue weighted by Crippen LogP contribution is 2.32. The van der Waals surface area contributed by atoms with Crippen LogP contribution in [0.4, 0.5) is 11.5 Å². The molecule has 0 aliphatic carbocycles. The Balaban J connectivity index is 1.44. The lowest BCUT2D eigenvalue weighted by Gasteiger charge is -2.32. The molecule has 2 aliphatic rings. The summed E-state index contributed by atoms with van der Waals surface area (Å²) in [5, 5.41) is 5.74. The van der Waals surface area contributed by atoms with Gasteiger partial charge in [0, 0.05) is 41.4 Å². The van der Waals surface area contributed by atoms with E-state index in [-0.39, 0.29) is 23.6 Å². The lowest BCUT2D eigenvalue weighted by atomic mass is 9.96. The second-order valence-corrected chi connectivity index (χ2v) is 8.74. The number of hydrogen-bond donors (Lipinski definition) is 2. The molecule has 8 heteroatoms. The number of thioether (sulfide) groups is 1. The summed E-state index contributed by atoms with van der Waals surface area (Å²) < 4.78 is 0.